The first-order valence-electron chi connectivity index (χ1n) is 6.69. The summed E-state index contributed by atoms with van der Waals surface area (Å²) in [6, 6.07) is 3.52. The molecule has 1 aliphatic rings. The van der Waals surface area contributed by atoms with Crippen molar-refractivity contribution in [2.75, 3.05) is 27.3 Å². The molecule has 0 saturated carbocycles. The number of rotatable bonds is 4. The summed E-state index contributed by atoms with van der Waals surface area (Å²) in [6.07, 6.45) is 1.01. The second-order valence-corrected chi connectivity index (χ2v) is 5.25. The zero-order valence-corrected chi connectivity index (χ0v) is 12.6. The van der Waals surface area contributed by atoms with Gasteiger partial charge in [-0.2, -0.15) is 4.98 Å². The first-order chi connectivity index (χ1) is 10.2. The lowest BCUT2D eigenvalue weighted by atomic mass is 10.1. The first-order valence-corrected chi connectivity index (χ1v) is 7.07. The Morgan fingerprint density at radius 3 is 2.86 bits per heavy atom. The average Bonchev–Trinajstić information content (AvgIpc) is 3.16. The molecule has 2 heterocycles. The van der Waals surface area contributed by atoms with Gasteiger partial charge in [0.2, 0.25) is 11.7 Å². The maximum absolute atomic E-state index is 6.20. The lowest BCUT2D eigenvalue weighted by Crippen LogP contribution is -2.08. The van der Waals surface area contributed by atoms with Crippen LogP contribution in [0.2, 0.25) is 5.02 Å². The summed E-state index contributed by atoms with van der Waals surface area (Å²) >= 11 is 6.20. The standard InChI is InChI=1S/C14H16ClN3O3/c1-19-11-6-9(5-10(15)12(11)20-2)13-17-14(21-18-13)8-3-4-16-7-8/h5-6,8,16H,3-4,7H2,1-2H3/t8-/m1/s1. The van der Waals surface area contributed by atoms with E-state index in [1.165, 1.54) is 0 Å². The second kappa shape index (κ2) is 5.91. The Morgan fingerprint density at radius 2 is 2.19 bits per heavy atom. The fourth-order valence-electron chi connectivity index (χ4n) is 2.43. The van der Waals surface area contributed by atoms with E-state index in [1.807, 2.05) is 0 Å². The quantitative estimate of drug-likeness (QED) is 0.935. The number of hydrogen-bond acceptors (Lipinski definition) is 6. The third-order valence-corrected chi connectivity index (χ3v) is 3.82. The van der Waals surface area contributed by atoms with E-state index in [0.717, 1.165) is 25.1 Å². The highest BCUT2D eigenvalue weighted by molar-refractivity contribution is 6.32. The van der Waals surface area contributed by atoms with Crippen LogP contribution in [0.3, 0.4) is 0 Å². The molecular weight excluding hydrogens is 294 g/mol. The van der Waals surface area contributed by atoms with Crippen molar-refractivity contribution in [2.24, 2.45) is 0 Å². The second-order valence-electron chi connectivity index (χ2n) is 4.84. The van der Waals surface area contributed by atoms with E-state index in [9.17, 15) is 0 Å². The summed E-state index contributed by atoms with van der Waals surface area (Å²) in [5.41, 5.74) is 0.735. The van der Waals surface area contributed by atoms with Crippen molar-refractivity contribution in [3.05, 3.63) is 23.0 Å². The molecule has 3 rings (SSSR count). The van der Waals surface area contributed by atoms with Crippen molar-refractivity contribution >= 4 is 11.6 Å². The van der Waals surface area contributed by atoms with Crippen molar-refractivity contribution in [3.63, 3.8) is 0 Å². The molecule has 6 nitrogen and oxygen atoms in total. The van der Waals surface area contributed by atoms with Gasteiger partial charge in [0.05, 0.1) is 25.2 Å². The Balaban J connectivity index is 1.95. The van der Waals surface area contributed by atoms with Crippen LogP contribution in [-0.4, -0.2) is 37.4 Å². The minimum absolute atomic E-state index is 0.280. The van der Waals surface area contributed by atoms with Crippen molar-refractivity contribution in [3.8, 4) is 22.9 Å². The highest BCUT2D eigenvalue weighted by Gasteiger charge is 2.23. The molecule has 0 amide bonds. The Morgan fingerprint density at radius 1 is 1.33 bits per heavy atom. The minimum Gasteiger partial charge on any atom is -0.493 e. The molecule has 0 aliphatic carbocycles. The Kier molecular flexibility index (Phi) is 3.98. The fraction of sp³-hybridized carbons (Fsp3) is 0.429. The lowest BCUT2D eigenvalue weighted by molar-refractivity contribution is 0.355. The van der Waals surface area contributed by atoms with Crippen LogP contribution in [0, 0.1) is 0 Å². The molecule has 0 radical (unpaired) electrons. The molecule has 1 atom stereocenters. The van der Waals surface area contributed by atoms with Gasteiger partial charge < -0.3 is 19.3 Å². The highest BCUT2D eigenvalue weighted by atomic mass is 35.5. The Labute approximate surface area is 127 Å². The summed E-state index contributed by atoms with van der Waals surface area (Å²) in [5.74, 6) is 2.46. The van der Waals surface area contributed by atoms with Crippen LogP contribution in [0.5, 0.6) is 11.5 Å². The Hall–Kier alpha value is -1.79. The molecule has 7 heteroatoms. The van der Waals surface area contributed by atoms with Gasteiger partial charge >= 0.3 is 0 Å². The zero-order valence-electron chi connectivity index (χ0n) is 11.9. The molecule has 0 unspecified atom stereocenters. The van der Waals surface area contributed by atoms with Crippen molar-refractivity contribution in [1.29, 1.82) is 0 Å². The van der Waals surface area contributed by atoms with Gasteiger partial charge in [0.25, 0.3) is 0 Å². The number of benzene rings is 1. The van der Waals surface area contributed by atoms with E-state index in [4.69, 9.17) is 25.6 Å². The molecule has 21 heavy (non-hydrogen) atoms. The molecule has 0 bridgehead atoms. The predicted molar refractivity (Wildman–Crippen MR) is 78.1 cm³/mol. The van der Waals surface area contributed by atoms with Crippen LogP contribution in [0.1, 0.15) is 18.2 Å². The summed E-state index contributed by atoms with van der Waals surface area (Å²) in [4.78, 5) is 4.46. The van der Waals surface area contributed by atoms with Crippen LogP contribution in [0.25, 0.3) is 11.4 Å². The van der Waals surface area contributed by atoms with Crippen LogP contribution in [-0.2, 0) is 0 Å². The summed E-state index contributed by atoms with van der Waals surface area (Å²) in [7, 11) is 3.10. The van der Waals surface area contributed by atoms with E-state index in [1.54, 1.807) is 26.4 Å². The molecule has 1 fully saturated rings. The number of methoxy groups -OCH3 is 2. The first kappa shape index (κ1) is 14.2. The topological polar surface area (TPSA) is 69.4 Å². The highest BCUT2D eigenvalue weighted by Crippen LogP contribution is 2.38. The largest absolute Gasteiger partial charge is 0.493 e. The molecule has 1 aromatic carbocycles. The van der Waals surface area contributed by atoms with E-state index in [-0.39, 0.29) is 5.92 Å². The monoisotopic (exact) mass is 309 g/mol. The van der Waals surface area contributed by atoms with Gasteiger partial charge in [0, 0.05) is 12.1 Å². The van der Waals surface area contributed by atoms with E-state index in [2.05, 4.69) is 15.5 Å². The van der Waals surface area contributed by atoms with E-state index < -0.39 is 0 Å². The molecule has 0 spiro atoms. The Bertz CT molecular complexity index is 638. The summed E-state index contributed by atoms with van der Waals surface area (Å²) < 4.78 is 15.9. The summed E-state index contributed by atoms with van der Waals surface area (Å²) in [5, 5.41) is 7.76. The zero-order chi connectivity index (χ0) is 14.8. The van der Waals surface area contributed by atoms with Gasteiger partial charge in [-0.25, -0.2) is 0 Å². The van der Waals surface area contributed by atoms with Crippen LogP contribution in [0.4, 0.5) is 0 Å². The molecule has 112 valence electrons. The smallest absolute Gasteiger partial charge is 0.231 e. The van der Waals surface area contributed by atoms with Crippen molar-refractivity contribution < 1.29 is 14.0 Å². The van der Waals surface area contributed by atoms with Crippen LogP contribution >= 0.6 is 11.6 Å². The molecule has 1 aromatic heterocycles. The summed E-state index contributed by atoms with van der Waals surface area (Å²) in [6.45, 7) is 1.85. The van der Waals surface area contributed by atoms with Gasteiger partial charge in [-0.1, -0.05) is 16.8 Å². The molecule has 1 saturated heterocycles. The van der Waals surface area contributed by atoms with Gasteiger partial charge in [0.1, 0.15) is 0 Å². The molecule has 1 N–H and O–H groups in total. The van der Waals surface area contributed by atoms with Gasteiger partial charge in [-0.15, -0.1) is 0 Å². The maximum atomic E-state index is 6.20. The van der Waals surface area contributed by atoms with E-state index in [0.29, 0.717) is 28.2 Å². The van der Waals surface area contributed by atoms with Gasteiger partial charge in [-0.05, 0) is 25.1 Å². The average molecular weight is 310 g/mol. The molecular formula is C14H16ClN3O3. The molecule has 1 aliphatic heterocycles. The molecule has 2 aromatic rings. The normalized spacial score (nSPS) is 18.0. The number of halogens is 1. The number of nitrogens with one attached hydrogen (secondary N) is 1. The number of nitrogens with zero attached hydrogens (tertiary/aromatic N) is 2. The van der Waals surface area contributed by atoms with Crippen molar-refractivity contribution in [1.82, 2.24) is 15.5 Å². The van der Waals surface area contributed by atoms with E-state index >= 15 is 0 Å². The van der Waals surface area contributed by atoms with Gasteiger partial charge in [-0.3, -0.25) is 0 Å². The maximum Gasteiger partial charge on any atom is 0.231 e. The van der Waals surface area contributed by atoms with Crippen LogP contribution in [0.15, 0.2) is 16.7 Å². The lowest BCUT2D eigenvalue weighted by Gasteiger charge is -2.10. The predicted octanol–water partition coefficient (Wildman–Crippen LogP) is 2.48. The minimum atomic E-state index is 0.280. The number of ether oxygens (including phenoxy) is 2. The third-order valence-electron chi connectivity index (χ3n) is 3.54. The van der Waals surface area contributed by atoms with Crippen LogP contribution < -0.4 is 14.8 Å². The SMILES string of the molecule is COc1cc(-c2noc([C@@H]3CCNC3)n2)cc(Cl)c1OC. The van der Waals surface area contributed by atoms with Gasteiger partial charge in [0.15, 0.2) is 11.5 Å². The number of hydrogen-bond donors (Lipinski definition) is 1. The third kappa shape index (κ3) is 2.69. The fourth-order valence-corrected chi connectivity index (χ4v) is 2.72. The number of aromatic nitrogens is 2. The van der Waals surface area contributed by atoms with Crippen molar-refractivity contribution in [2.45, 2.75) is 12.3 Å².